The molecule has 0 saturated heterocycles. The first kappa shape index (κ1) is 8.49. The van der Waals surface area contributed by atoms with Crippen LogP contribution in [-0.4, -0.2) is 27.1 Å². The number of nitrogens with one attached hydrogen (secondary N) is 2. The molecule has 0 saturated carbocycles. The second kappa shape index (κ2) is 2.99. The van der Waals surface area contributed by atoms with Gasteiger partial charge in [-0.25, -0.2) is 14.8 Å². The van der Waals surface area contributed by atoms with E-state index < -0.39 is 5.69 Å². The van der Waals surface area contributed by atoms with Crippen LogP contribution in [0.25, 0.3) is 6.08 Å². The molecule has 2 rings (SSSR count). The minimum absolute atomic E-state index is 0.197. The van der Waals surface area contributed by atoms with E-state index in [1.807, 2.05) is 0 Å². The number of aliphatic imine (C=N–C) groups is 2. The van der Waals surface area contributed by atoms with Crippen LogP contribution in [0.1, 0.15) is 12.6 Å². The lowest BCUT2D eigenvalue weighted by Gasteiger charge is -1.92. The Morgan fingerprint density at radius 2 is 2.29 bits per heavy atom. The van der Waals surface area contributed by atoms with Crippen LogP contribution in [0.2, 0.25) is 0 Å². The molecule has 72 valence electrons. The molecule has 0 spiro atoms. The Labute approximate surface area is 78.7 Å². The van der Waals surface area contributed by atoms with Gasteiger partial charge in [0.2, 0.25) is 5.88 Å². The molecule has 0 unspecified atom stereocenters. The van der Waals surface area contributed by atoms with Gasteiger partial charge in [-0.3, -0.25) is 4.98 Å². The average molecular weight is 192 g/mol. The van der Waals surface area contributed by atoms with Crippen LogP contribution >= 0.6 is 0 Å². The number of H-pyrrole nitrogens is 2. The van der Waals surface area contributed by atoms with Crippen LogP contribution in [0, 0.1) is 0 Å². The molecule has 2 heterocycles. The van der Waals surface area contributed by atoms with Crippen LogP contribution in [0.4, 0.5) is 0 Å². The summed E-state index contributed by atoms with van der Waals surface area (Å²) >= 11 is 0. The third kappa shape index (κ3) is 1.37. The lowest BCUT2D eigenvalue weighted by Crippen LogP contribution is -2.00. The summed E-state index contributed by atoms with van der Waals surface area (Å²) in [5, 5.41) is 9.25. The summed E-state index contributed by atoms with van der Waals surface area (Å²) in [6, 6.07) is 0. The van der Waals surface area contributed by atoms with Gasteiger partial charge in [-0.05, 0) is 13.0 Å². The number of hydrogen-bond donors (Lipinski definition) is 3. The topological polar surface area (TPSA) is 93.6 Å². The lowest BCUT2D eigenvalue weighted by molar-refractivity contribution is 0.454. The molecule has 0 aliphatic carbocycles. The van der Waals surface area contributed by atoms with E-state index in [0.29, 0.717) is 11.4 Å². The molecular weight excluding hydrogens is 184 g/mol. The van der Waals surface area contributed by atoms with Crippen LogP contribution in [-0.2, 0) is 0 Å². The van der Waals surface area contributed by atoms with Crippen molar-refractivity contribution in [1.82, 2.24) is 9.97 Å². The highest BCUT2D eigenvalue weighted by atomic mass is 16.3. The number of allylic oxidation sites excluding steroid dienone is 1. The average Bonchev–Trinajstić information content (AvgIpc) is 2.62. The maximum absolute atomic E-state index is 10.8. The van der Waals surface area contributed by atoms with Crippen molar-refractivity contribution >= 4 is 18.1 Å². The molecule has 1 aromatic rings. The van der Waals surface area contributed by atoms with E-state index in [1.54, 1.807) is 13.0 Å². The summed E-state index contributed by atoms with van der Waals surface area (Å²) < 4.78 is 0. The van der Waals surface area contributed by atoms with Gasteiger partial charge in [-0.1, -0.05) is 0 Å². The number of nitrogens with zero attached hydrogens (tertiary/aromatic N) is 2. The molecule has 0 fully saturated rings. The van der Waals surface area contributed by atoms with Gasteiger partial charge in [0.25, 0.3) is 0 Å². The molecule has 1 aromatic heterocycles. The second-order valence-corrected chi connectivity index (χ2v) is 2.83. The Bertz CT molecular complexity index is 504. The summed E-state index contributed by atoms with van der Waals surface area (Å²) in [5.41, 5.74) is 1.21. The van der Waals surface area contributed by atoms with Crippen molar-refractivity contribution in [3.63, 3.8) is 0 Å². The van der Waals surface area contributed by atoms with E-state index in [0.717, 1.165) is 5.71 Å². The first-order valence-corrected chi connectivity index (χ1v) is 3.97. The Morgan fingerprint density at radius 1 is 1.50 bits per heavy atom. The predicted molar refractivity (Wildman–Crippen MR) is 52.7 cm³/mol. The molecule has 0 bridgehead atoms. The highest BCUT2D eigenvalue weighted by Crippen LogP contribution is 2.15. The molecule has 0 radical (unpaired) electrons. The maximum atomic E-state index is 10.8. The van der Waals surface area contributed by atoms with E-state index in [4.69, 9.17) is 0 Å². The Morgan fingerprint density at radius 3 is 2.79 bits per heavy atom. The number of aromatic amines is 2. The van der Waals surface area contributed by atoms with Gasteiger partial charge in [0.1, 0.15) is 12.0 Å². The van der Waals surface area contributed by atoms with Gasteiger partial charge in [0, 0.05) is 0 Å². The van der Waals surface area contributed by atoms with E-state index in [-0.39, 0.29) is 5.88 Å². The Hall–Kier alpha value is -2.11. The van der Waals surface area contributed by atoms with Crippen molar-refractivity contribution in [2.75, 3.05) is 0 Å². The summed E-state index contributed by atoms with van der Waals surface area (Å²) in [6.45, 7) is 1.79. The first-order chi connectivity index (χ1) is 6.66. The van der Waals surface area contributed by atoms with Gasteiger partial charge in [-0.15, -0.1) is 0 Å². The zero-order chi connectivity index (χ0) is 10.1. The molecule has 1 aliphatic rings. The van der Waals surface area contributed by atoms with Crippen molar-refractivity contribution in [3.8, 4) is 5.88 Å². The first-order valence-electron chi connectivity index (χ1n) is 3.97. The van der Waals surface area contributed by atoms with E-state index in [1.165, 1.54) is 6.34 Å². The zero-order valence-electron chi connectivity index (χ0n) is 7.40. The Balaban J connectivity index is 2.43. The number of imidazole rings is 1. The van der Waals surface area contributed by atoms with Crippen molar-refractivity contribution in [3.05, 3.63) is 21.9 Å². The number of hydrogen-bond acceptors (Lipinski definition) is 4. The Kier molecular flexibility index (Phi) is 1.81. The number of aromatic hydroxyl groups is 1. The fourth-order valence-corrected chi connectivity index (χ4v) is 1.11. The minimum atomic E-state index is -0.453. The van der Waals surface area contributed by atoms with E-state index in [2.05, 4.69) is 20.0 Å². The van der Waals surface area contributed by atoms with Crippen LogP contribution in [0.3, 0.4) is 0 Å². The predicted octanol–water partition coefficient (Wildman–Crippen LogP) is 0.252. The lowest BCUT2D eigenvalue weighted by atomic mass is 10.2. The van der Waals surface area contributed by atoms with Crippen LogP contribution in [0.5, 0.6) is 5.88 Å². The number of aromatic nitrogens is 2. The number of rotatable bonds is 1. The van der Waals surface area contributed by atoms with Crippen molar-refractivity contribution < 1.29 is 5.11 Å². The van der Waals surface area contributed by atoms with Gasteiger partial charge in [0.15, 0.2) is 0 Å². The molecule has 0 aromatic carbocycles. The highest BCUT2D eigenvalue weighted by Gasteiger charge is 2.08. The summed E-state index contributed by atoms with van der Waals surface area (Å²) in [6.07, 6.45) is 2.97. The van der Waals surface area contributed by atoms with Crippen LogP contribution < -0.4 is 5.69 Å². The molecular formula is C8H8N4O2. The van der Waals surface area contributed by atoms with E-state index >= 15 is 0 Å². The highest BCUT2D eigenvalue weighted by molar-refractivity contribution is 6.09. The molecule has 14 heavy (non-hydrogen) atoms. The van der Waals surface area contributed by atoms with Crippen LogP contribution in [0.15, 0.2) is 20.5 Å². The van der Waals surface area contributed by atoms with Gasteiger partial charge < -0.3 is 10.1 Å². The van der Waals surface area contributed by atoms with Crippen molar-refractivity contribution in [2.24, 2.45) is 9.98 Å². The molecule has 6 nitrogen and oxygen atoms in total. The smallest absolute Gasteiger partial charge is 0.326 e. The maximum Gasteiger partial charge on any atom is 0.326 e. The largest absolute Gasteiger partial charge is 0.493 e. The third-order valence-electron chi connectivity index (χ3n) is 1.84. The van der Waals surface area contributed by atoms with E-state index in [9.17, 15) is 9.90 Å². The second-order valence-electron chi connectivity index (χ2n) is 2.83. The van der Waals surface area contributed by atoms with Gasteiger partial charge in [-0.2, -0.15) is 0 Å². The standard InChI is InChI=1S/C8H8N4O2/c1-4-5(10-3-9-4)2-6-7(13)12-8(14)11-6/h2-3,13H,1H3,(H2,11,12,14)/b5-2+. The molecule has 6 heteroatoms. The molecule has 0 atom stereocenters. The zero-order valence-corrected chi connectivity index (χ0v) is 7.40. The normalized spacial score (nSPS) is 17.8. The third-order valence-corrected chi connectivity index (χ3v) is 1.84. The van der Waals surface area contributed by atoms with Crippen molar-refractivity contribution in [2.45, 2.75) is 6.92 Å². The SMILES string of the molecule is CC1=NC=N/C1=C/c1[nH]c(=O)[nH]c1O. The minimum Gasteiger partial charge on any atom is -0.493 e. The summed E-state index contributed by atoms with van der Waals surface area (Å²) in [5.74, 6) is -0.197. The quantitative estimate of drug-likeness (QED) is 0.595. The summed E-state index contributed by atoms with van der Waals surface area (Å²) in [4.78, 5) is 23.3. The molecule has 0 amide bonds. The van der Waals surface area contributed by atoms with Gasteiger partial charge in [0.05, 0.1) is 11.4 Å². The monoisotopic (exact) mass is 192 g/mol. The van der Waals surface area contributed by atoms with Crippen molar-refractivity contribution in [1.29, 1.82) is 0 Å². The fourth-order valence-electron chi connectivity index (χ4n) is 1.11. The fraction of sp³-hybridized carbons (Fsp3) is 0.125. The van der Waals surface area contributed by atoms with Gasteiger partial charge >= 0.3 is 5.69 Å². The molecule has 3 N–H and O–H groups in total. The molecule has 1 aliphatic heterocycles. The summed E-state index contributed by atoms with van der Waals surface area (Å²) in [7, 11) is 0.